The lowest BCUT2D eigenvalue weighted by Gasteiger charge is -2.37. The van der Waals surface area contributed by atoms with Crippen LogP contribution in [0.25, 0.3) is 0 Å². The van der Waals surface area contributed by atoms with Gasteiger partial charge in [0.1, 0.15) is 0 Å². The zero-order chi connectivity index (χ0) is 26.3. The Morgan fingerprint density at radius 3 is 2.55 bits per heavy atom. The van der Waals surface area contributed by atoms with E-state index in [1.807, 2.05) is 29.5 Å². The van der Waals surface area contributed by atoms with E-state index in [1.54, 1.807) is 0 Å². The van der Waals surface area contributed by atoms with Crippen molar-refractivity contribution in [2.45, 2.75) is 69.9 Å². The van der Waals surface area contributed by atoms with Crippen molar-refractivity contribution < 1.29 is 4.74 Å². The van der Waals surface area contributed by atoms with Crippen molar-refractivity contribution in [3.05, 3.63) is 68.9 Å². The smallest absolute Gasteiger partial charge is 0.0648 e. The Labute approximate surface area is 244 Å². The average Bonchev–Trinajstić information content (AvgIpc) is 3.60. The average molecular weight is 576 g/mol. The molecule has 0 spiro atoms. The molecule has 2 aliphatic heterocycles. The predicted molar refractivity (Wildman–Crippen MR) is 163 cm³/mol. The molecule has 0 bridgehead atoms. The van der Waals surface area contributed by atoms with Gasteiger partial charge in [-0.1, -0.05) is 54.6 Å². The van der Waals surface area contributed by atoms with Gasteiger partial charge in [-0.2, -0.15) is 11.3 Å². The van der Waals surface area contributed by atoms with Gasteiger partial charge in [0.15, 0.2) is 0 Å². The van der Waals surface area contributed by atoms with E-state index in [4.69, 9.17) is 27.9 Å². The number of rotatable bonds is 11. The molecule has 3 fully saturated rings. The van der Waals surface area contributed by atoms with Gasteiger partial charge in [-0.3, -0.25) is 4.90 Å². The molecule has 3 nitrogen and oxygen atoms in total. The molecule has 0 radical (unpaired) electrons. The maximum absolute atomic E-state index is 6.53. The Balaban J connectivity index is 1.16. The molecule has 2 saturated heterocycles. The molecule has 208 valence electrons. The number of benzene rings is 1. The molecule has 3 heterocycles. The van der Waals surface area contributed by atoms with Crippen LogP contribution in [-0.2, 0) is 11.3 Å². The van der Waals surface area contributed by atoms with Crippen LogP contribution in [0.1, 0.15) is 68.4 Å². The van der Waals surface area contributed by atoms with Crippen molar-refractivity contribution in [3.63, 3.8) is 0 Å². The highest BCUT2D eigenvalue weighted by molar-refractivity contribution is 7.08. The normalized spacial score (nSPS) is 25.1. The maximum Gasteiger partial charge on any atom is 0.0648 e. The fourth-order valence-corrected chi connectivity index (χ4v) is 8.38. The third kappa shape index (κ3) is 7.65. The van der Waals surface area contributed by atoms with Crippen molar-refractivity contribution in [1.29, 1.82) is 0 Å². The van der Waals surface area contributed by atoms with Crippen molar-refractivity contribution >= 4 is 34.5 Å². The van der Waals surface area contributed by atoms with Gasteiger partial charge in [0, 0.05) is 42.1 Å². The minimum atomic E-state index is 0.427. The Bertz CT molecular complexity index is 1000. The van der Waals surface area contributed by atoms with Crippen molar-refractivity contribution in [2.24, 2.45) is 17.8 Å². The number of ether oxygens (including phenoxy) is 1. The predicted octanol–water partition coefficient (Wildman–Crippen LogP) is 8.52. The van der Waals surface area contributed by atoms with Crippen LogP contribution in [0.4, 0.5) is 0 Å². The fraction of sp³-hybridized carbons (Fsp3) is 0.625. The first kappa shape index (κ1) is 28.6. The second kappa shape index (κ2) is 14.1. The van der Waals surface area contributed by atoms with E-state index in [1.165, 1.54) is 82.1 Å². The number of likely N-dealkylation sites (tertiary alicyclic amines) is 2. The second-order valence-electron chi connectivity index (χ2n) is 11.9. The molecule has 0 amide bonds. The number of piperidine rings is 1. The zero-order valence-electron chi connectivity index (χ0n) is 22.7. The van der Waals surface area contributed by atoms with Crippen molar-refractivity contribution in [3.8, 4) is 0 Å². The summed E-state index contributed by atoms with van der Waals surface area (Å²) in [6.07, 6.45) is 13.1. The van der Waals surface area contributed by atoms with Gasteiger partial charge in [-0.15, -0.1) is 6.58 Å². The van der Waals surface area contributed by atoms with E-state index in [2.05, 4.69) is 39.3 Å². The molecule has 0 N–H and O–H groups in total. The molecular weight excluding hydrogens is 531 g/mol. The highest BCUT2D eigenvalue weighted by Crippen LogP contribution is 2.38. The molecule has 38 heavy (non-hydrogen) atoms. The van der Waals surface area contributed by atoms with Crippen LogP contribution in [0.5, 0.6) is 0 Å². The Kier molecular flexibility index (Phi) is 10.7. The highest BCUT2D eigenvalue weighted by Gasteiger charge is 2.36. The molecular formula is C32H44Cl2N2OS. The molecule has 2 aromatic rings. The van der Waals surface area contributed by atoms with Gasteiger partial charge in [0.2, 0.25) is 0 Å². The largest absolute Gasteiger partial charge is 0.374 e. The topological polar surface area (TPSA) is 15.7 Å². The van der Waals surface area contributed by atoms with Crippen LogP contribution in [0.15, 0.2) is 47.7 Å². The first-order chi connectivity index (χ1) is 18.6. The third-order valence-corrected chi connectivity index (χ3v) is 10.6. The van der Waals surface area contributed by atoms with Gasteiger partial charge in [0.05, 0.1) is 12.7 Å². The summed E-state index contributed by atoms with van der Waals surface area (Å²) < 4.78 is 6.35. The van der Waals surface area contributed by atoms with Crippen LogP contribution >= 0.6 is 34.5 Å². The first-order valence-corrected chi connectivity index (χ1v) is 16.4. The lowest BCUT2D eigenvalue weighted by Crippen LogP contribution is -2.40. The summed E-state index contributed by atoms with van der Waals surface area (Å²) >= 11 is 14.5. The summed E-state index contributed by atoms with van der Waals surface area (Å²) in [6, 6.07) is 8.25. The lowest BCUT2D eigenvalue weighted by molar-refractivity contribution is -0.00766. The van der Waals surface area contributed by atoms with Crippen molar-refractivity contribution in [2.75, 3.05) is 39.3 Å². The number of hydrogen-bond donors (Lipinski definition) is 0. The standard InChI is InChI=1S/C32H44Cl2N2OS/c1-2-15-37-32(25-6-4-3-5-7-25)17-24-10-13-35(14-11-24)20-28-21-36(22-30(28)27-12-16-38-23-27)19-26-8-9-29(33)18-31(26)34/h2,8-9,12,16,18,23-25,28,30,32H,1,3-7,10-11,13-15,17,19-22H2/t28?,30?,32-/m0/s1. The van der Waals surface area contributed by atoms with E-state index < -0.39 is 0 Å². The van der Waals surface area contributed by atoms with Crippen LogP contribution in [0.3, 0.4) is 0 Å². The van der Waals surface area contributed by atoms with Crippen LogP contribution in [0.2, 0.25) is 10.0 Å². The number of thiophene rings is 1. The van der Waals surface area contributed by atoms with Gasteiger partial charge in [-0.25, -0.2) is 0 Å². The summed E-state index contributed by atoms with van der Waals surface area (Å²) in [5.41, 5.74) is 2.68. The summed E-state index contributed by atoms with van der Waals surface area (Å²) in [4.78, 5) is 5.35. The highest BCUT2D eigenvalue weighted by atomic mass is 35.5. The lowest BCUT2D eigenvalue weighted by atomic mass is 9.80. The van der Waals surface area contributed by atoms with Crippen LogP contribution < -0.4 is 0 Å². The summed E-state index contributed by atoms with van der Waals surface area (Å²) in [6.45, 7) is 11.3. The first-order valence-electron chi connectivity index (χ1n) is 14.7. The molecule has 3 aliphatic rings. The maximum atomic E-state index is 6.53. The number of halogens is 2. The Morgan fingerprint density at radius 1 is 1.03 bits per heavy atom. The molecule has 2 unspecified atom stereocenters. The van der Waals surface area contributed by atoms with E-state index in [9.17, 15) is 0 Å². The van der Waals surface area contributed by atoms with E-state index in [-0.39, 0.29) is 0 Å². The van der Waals surface area contributed by atoms with Gasteiger partial charge >= 0.3 is 0 Å². The van der Waals surface area contributed by atoms with E-state index >= 15 is 0 Å². The van der Waals surface area contributed by atoms with Gasteiger partial charge in [-0.05, 0) is 103 Å². The minimum absolute atomic E-state index is 0.427. The molecule has 1 aromatic carbocycles. The number of hydrogen-bond acceptors (Lipinski definition) is 4. The van der Waals surface area contributed by atoms with E-state index in [0.717, 1.165) is 36.5 Å². The Morgan fingerprint density at radius 2 is 1.84 bits per heavy atom. The van der Waals surface area contributed by atoms with Gasteiger partial charge in [0.25, 0.3) is 0 Å². The molecule has 1 aromatic heterocycles. The summed E-state index contributed by atoms with van der Waals surface area (Å²) in [5.74, 6) is 2.79. The third-order valence-electron chi connectivity index (χ3n) is 9.27. The Hall–Kier alpha value is -0.880. The van der Waals surface area contributed by atoms with Crippen LogP contribution in [0, 0.1) is 17.8 Å². The number of nitrogens with zero attached hydrogens (tertiary/aromatic N) is 2. The summed E-state index contributed by atoms with van der Waals surface area (Å²) in [5, 5.41) is 6.07. The second-order valence-corrected chi connectivity index (χ2v) is 13.5. The van der Waals surface area contributed by atoms with Crippen molar-refractivity contribution in [1.82, 2.24) is 9.80 Å². The van der Waals surface area contributed by atoms with Gasteiger partial charge < -0.3 is 9.64 Å². The SMILES string of the molecule is C=CCO[C@@H](CC1CCN(CC2CN(Cc3ccc(Cl)cc3Cl)CC2c2ccsc2)CC1)C1CCCCC1. The molecule has 3 atom stereocenters. The minimum Gasteiger partial charge on any atom is -0.374 e. The van der Waals surface area contributed by atoms with E-state index in [0.29, 0.717) is 29.6 Å². The molecule has 6 heteroatoms. The molecule has 1 aliphatic carbocycles. The monoisotopic (exact) mass is 574 g/mol. The van der Waals surface area contributed by atoms with Crippen LogP contribution in [-0.4, -0.2) is 55.2 Å². The zero-order valence-corrected chi connectivity index (χ0v) is 25.0. The summed E-state index contributed by atoms with van der Waals surface area (Å²) in [7, 11) is 0. The molecule has 1 saturated carbocycles. The molecule has 5 rings (SSSR count). The fourth-order valence-electron chi connectivity index (χ4n) is 7.19. The quantitative estimate of drug-likeness (QED) is 0.250.